The van der Waals surface area contributed by atoms with E-state index in [9.17, 15) is 4.79 Å². The molecule has 2 aromatic heterocycles. The number of likely N-dealkylation sites (tertiary alicyclic amines) is 1. The highest BCUT2D eigenvalue weighted by Gasteiger charge is 2.14. The maximum atomic E-state index is 13.1. The number of aryl methyl sites for hydroxylation is 1. The SMILES string of the molecule is Cc1cn(-c2cc(CN3CCCCC3)cc(NC(=O)c3cc(-c4ccccc4)ccn3)c2)cn1. The number of carbonyl (C=O) groups is 1. The van der Waals surface area contributed by atoms with Crippen LogP contribution in [-0.2, 0) is 6.54 Å². The second-order valence-electron chi connectivity index (χ2n) is 8.90. The number of pyridine rings is 1. The minimum atomic E-state index is -0.222. The summed E-state index contributed by atoms with van der Waals surface area (Å²) in [5.74, 6) is -0.222. The van der Waals surface area contributed by atoms with Crippen LogP contribution in [0.5, 0.6) is 0 Å². The Morgan fingerprint density at radius 1 is 0.941 bits per heavy atom. The van der Waals surface area contributed by atoms with Crippen molar-refractivity contribution in [2.24, 2.45) is 0 Å². The third-order valence-electron chi connectivity index (χ3n) is 6.20. The van der Waals surface area contributed by atoms with Crippen molar-refractivity contribution in [2.45, 2.75) is 32.7 Å². The van der Waals surface area contributed by atoms with Gasteiger partial charge in [0.15, 0.2) is 0 Å². The molecular formula is C28H29N5O. The first-order chi connectivity index (χ1) is 16.6. The molecular weight excluding hydrogens is 422 g/mol. The molecule has 172 valence electrons. The Morgan fingerprint density at radius 2 is 1.76 bits per heavy atom. The zero-order valence-corrected chi connectivity index (χ0v) is 19.4. The van der Waals surface area contributed by atoms with Gasteiger partial charge in [0.05, 0.1) is 12.0 Å². The summed E-state index contributed by atoms with van der Waals surface area (Å²) in [6.07, 6.45) is 9.29. The van der Waals surface area contributed by atoms with E-state index in [0.29, 0.717) is 5.69 Å². The lowest BCUT2D eigenvalue weighted by Crippen LogP contribution is -2.29. The summed E-state index contributed by atoms with van der Waals surface area (Å²) >= 11 is 0. The molecule has 0 radical (unpaired) electrons. The third-order valence-corrected chi connectivity index (χ3v) is 6.20. The van der Waals surface area contributed by atoms with Gasteiger partial charge in [0, 0.05) is 30.3 Å². The van der Waals surface area contributed by atoms with Gasteiger partial charge in [-0.1, -0.05) is 36.8 Å². The van der Waals surface area contributed by atoms with E-state index < -0.39 is 0 Å². The Hall–Kier alpha value is -3.77. The maximum Gasteiger partial charge on any atom is 0.274 e. The van der Waals surface area contributed by atoms with Gasteiger partial charge in [-0.15, -0.1) is 0 Å². The van der Waals surface area contributed by atoms with Crippen LogP contribution in [0, 0.1) is 6.92 Å². The van der Waals surface area contributed by atoms with Crippen molar-refractivity contribution in [1.29, 1.82) is 0 Å². The van der Waals surface area contributed by atoms with Gasteiger partial charge >= 0.3 is 0 Å². The molecule has 4 aromatic rings. The van der Waals surface area contributed by atoms with Crippen LogP contribution >= 0.6 is 0 Å². The molecule has 2 aromatic carbocycles. The molecule has 34 heavy (non-hydrogen) atoms. The van der Waals surface area contributed by atoms with E-state index in [1.54, 1.807) is 6.20 Å². The second-order valence-corrected chi connectivity index (χ2v) is 8.90. The summed E-state index contributed by atoms with van der Waals surface area (Å²) in [4.78, 5) is 24.3. The number of benzene rings is 2. The standard InChI is InChI=1S/C28H29N5O/c1-21-18-33(20-30-21)26-15-22(19-32-12-6-3-7-13-32)14-25(17-26)31-28(34)27-16-24(10-11-29-27)23-8-4-2-5-9-23/h2,4-5,8-11,14-18,20H,3,6-7,12-13,19H2,1H3,(H,31,34). The number of anilines is 1. The molecule has 0 aliphatic carbocycles. The van der Waals surface area contributed by atoms with Crippen LogP contribution in [0.25, 0.3) is 16.8 Å². The average Bonchev–Trinajstić information content (AvgIpc) is 3.31. The highest BCUT2D eigenvalue weighted by Crippen LogP contribution is 2.23. The Bertz CT molecular complexity index is 1270. The summed E-state index contributed by atoms with van der Waals surface area (Å²) < 4.78 is 2.00. The molecule has 1 fully saturated rings. The molecule has 1 amide bonds. The number of rotatable bonds is 6. The van der Waals surface area contributed by atoms with E-state index in [1.165, 1.54) is 24.8 Å². The quantitative estimate of drug-likeness (QED) is 0.422. The minimum Gasteiger partial charge on any atom is -0.321 e. The molecule has 1 saturated heterocycles. The van der Waals surface area contributed by atoms with Gasteiger partial charge in [-0.2, -0.15) is 0 Å². The Balaban J connectivity index is 1.42. The average molecular weight is 452 g/mol. The number of aromatic nitrogens is 3. The summed E-state index contributed by atoms with van der Waals surface area (Å²) in [6, 6.07) is 20.0. The van der Waals surface area contributed by atoms with Crippen LogP contribution in [0.15, 0.2) is 79.4 Å². The minimum absolute atomic E-state index is 0.222. The van der Waals surface area contributed by atoms with Crippen molar-refractivity contribution >= 4 is 11.6 Å². The van der Waals surface area contributed by atoms with E-state index in [0.717, 1.165) is 47.8 Å². The van der Waals surface area contributed by atoms with E-state index in [-0.39, 0.29) is 5.91 Å². The number of piperidine rings is 1. The Morgan fingerprint density at radius 3 is 2.53 bits per heavy atom. The van der Waals surface area contributed by atoms with Crippen LogP contribution in [0.2, 0.25) is 0 Å². The largest absolute Gasteiger partial charge is 0.321 e. The van der Waals surface area contributed by atoms with Gasteiger partial charge in [-0.25, -0.2) is 4.98 Å². The van der Waals surface area contributed by atoms with Crippen molar-refractivity contribution < 1.29 is 4.79 Å². The first kappa shape index (κ1) is 22.0. The van der Waals surface area contributed by atoms with Crippen molar-refractivity contribution in [2.75, 3.05) is 18.4 Å². The van der Waals surface area contributed by atoms with Crippen molar-refractivity contribution in [3.05, 3.63) is 96.3 Å². The molecule has 6 heteroatoms. The second kappa shape index (κ2) is 10.0. The van der Waals surface area contributed by atoms with Crippen LogP contribution in [0.1, 0.15) is 41.0 Å². The number of imidazole rings is 1. The summed E-state index contributed by atoms with van der Waals surface area (Å²) in [6.45, 7) is 5.08. The molecule has 0 unspecified atom stereocenters. The topological polar surface area (TPSA) is 63.0 Å². The van der Waals surface area contributed by atoms with Crippen LogP contribution in [0.3, 0.4) is 0 Å². The third kappa shape index (κ3) is 5.24. The summed E-state index contributed by atoms with van der Waals surface area (Å²) in [5.41, 5.74) is 6.28. The van der Waals surface area contributed by atoms with Gasteiger partial charge in [-0.05, 0) is 79.9 Å². The van der Waals surface area contributed by atoms with Gasteiger partial charge in [0.25, 0.3) is 5.91 Å². The van der Waals surface area contributed by atoms with E-state index in [4.69, 9.17) is 0 Å². The molecule has 0 atom stereocenters. The zero-order chi connectivity index (χ0) is 23.3. The normalized spacial score (nSPS) is 14.1. The lowest BCUT2D eigenvalue weighted by atomic mass is 10.1. The highest BCUT2D eigenvalue weighted by molar-refractivity contribution is 6.03. The molecule has 0 saturated carbocycles. The van der Waals surface area contributed by atoms with Crippen molar-refractivity contribution in [3.63, 3.8) is 0 Å². The first-order valence-corrected chi connectivity index (χ1v) is 11.8. The van der Waals surface area contributed by atoms with Gasteiger partial charge in [0.2, 0.25) is 0 Å². The molecule has 3 heterocycles. The molecule has 0 spiro atoms. The number of nitrogens with one attached hydrogen (secondary N) is 1. The fourth-order valence-electron chi connectivity index (χ4n) is 4.48. The first-order valence-electron chi connectivity index (χ1n) is 11.8. The predicted octanol–water partition coefficient (Wildman–Crippen LogP) is 5.48. The monoisotopic (exact) mass is 451 g/mol. The Labute approximate surface area is 200 Å². The summed E-state index contributed by atoms with van der Waals surface area (Å²) in [7, 11) is 0. The van der Waals surface area contributed by atoms with Crippen LogP contribution in [-0.4, -0.2) is 38.4 Å². The fraction of sp³-hybridized carbons (Fsp3) is 0.250. The number of nitrogens with zero attached hydrogens (tertiary/aromatic N) is 4. The van der Waals surface area contributed by atoms with Gasteiger partial charge in [-0.3, -0.25) is 14.7 Å². The molecule has 1 aliphatic heterocycles. The molecule has 0 bridgehead atoms. The van der Waals surface area contributed by atoms with Crippen molar-refractivity contribution in [3.8, 4) is 16.8 Å². The molecule has 5 rings (SSSR count). The summed E-state index contributed by atoms with van der Waals surface area (Å²) in [5, 5.41) is 3.08. The molecule has 6 nitrogen and oxygen atoms in total. The van der Waals surface area contributed by atoms with Crippen molar-refractivity contribution in [1.82, 2.24) is 19.4 Å². The zero-order valence-electron chi connectivity index (χ0n) is 19.4. The number of hydrogen-bond acceptors (Lipinski definition) is 4. The van der Waals surface area contributed by atoms with Crippen LogP contribution < -0.4 is 5.32 Å². The molecule has 1 aliphatic rings. The van der Waals surface area contributed by atoms with Crippen LogP contribution in [0.4, 0.5) is 5.69 Å². The molecule has 1 N–H and O–H groups in total. The maximum absolute atomic E-state index is 13.1. The van der Waals surface area contributed by atoms with Gasteiger partial charge < -0.3 is 9.88 Å². The predicted molar refractivity (Wildman–Crippen MR) is 135 cm³/mol. The van der Waals surface area contributed by atoms with E-state index >= 15 is 0 Å². The number of amides is 1. The van der Waals surface area contributed by atoms with Gasteiger partial charge in [0.1, 0.15) is 5.69 Å². The van der Waals surface area contributed by atoms with E-state index in [2.05, 4.69) is 32.3 Å². The number of hydrogen-bond donors (Lipinski definition) is 1. The number of carbonyl (C=O) groups excluding carboxylic acids is 1. The Kier molecular flexibility index (Phi) is 6.49. The fourth-order valence-corrected chi connectivity index (χ4v) is 4.48. The lowest BCUT2D eigenvalue weighted by Gasteiger charge is -2.26. The highest BCUT2D eigenvalue weighted by atomic mass is 16.1. The smallest absolute Gasteiger partial charge is 0.274 e. The van der Waals surface area contributed by atoms with E-state index in [1.807, 2.05) is 72.5 Å². The lowest BCUT2D eigenvalue weighted by molar-refractivity contribution is 0.102.